The van der Waals surface area contributed by atoms with Crippen LogP contribution in [0.4, 0.5) is 0 Å². The van der Waals surface area contributed by atoms with Gasteiger partial charge in [-0.15, -0.1) is 11.3 Å². The smallest absolute Gasteiger partial charge is 0.236 e. The fourth-order valence-electron chi connectivity index (χ4n) is 4.31. The number of amides is 1. The molecule has 6 heteroatoms. The molecule has 0 spiro atoms. The minimum Gasteiger partial charge on any atom is -0.337 e. The van der Waals surface area contributed by atoms with Crippen LogP contribution in [0.3, 0.4) is 0 Å². The van der Waals surface area contributed by atoms with Gasteiger partial charge in [-0.2, -0.15) is 0 Å². The van der Waals surface area contributed by atoms with Gasteiger partial charge in [0.05, 0.1) is 5.25 Å². The van der Waals surface area contributed by atoms with E-state index in [0.717, 1.165) is 41.5 Å². The predicted molar refractivity (Wildman–Crippen MR) is 115 cm³/mol. The highest BCUT2D eigenvalue weighted by molar-refractivity contribution is 8.00. The van der Waals surface area contributed by atoms with Gasteiger partial charge in [-0.05, 0) is 56.2 Å². The molecule has 0 fully saturated rings. The van der Waals surface area contributed by atoms with E-state index in [9.17, 15) is 4.79 Å². The van der Waals surface area contributed by atoms with Crippen LogP contribution in [0, 0.1) is 6.92 Å². The molecule has 0 unspecified atom stereocenters. The van der Waals surface area contributed by atoms with Crippen molar-refractivity contribution in [3.63, 3.8) is 0 Å². The molecule has 2 aliphatic rings. The molecular weight excluding hydrogens is 386 g/mol. The number of fused-ring (bicyclic) bond motifs is 4. The molecule has 3 aromatic rings. The van der Waals surface area contributed by atoms with Crippen molar-refractivity contribution in [3.8, 4) is 0 Å². The maximum absolute atomic E-state index is 13.2. The molecule has 1 aromatic carbocycles. The average Bonchev–Trinajstić information content (AvgIpc) is 3.27. The van der Waals surface area contributed by atoms with Crippen LogP contribution in [0.15, 0.2) is 29.3 Å². The summed E-state index contributed by atoms with van der Waals surface area (Å²) in [6, 6.07) is 8.45. The van der Waals surface area contributed by atoms with Crippen LogP contribution in [0.25, 0.3) is 10.2 Å². The molecule has 5 rings (SSSR count). The molecule has 0 saturated heterocycles. The molecular formula is C22H23N3OS2. The first-order chi connectivity index (χ1) is 13.6. The maximum atomic E-state index is 13.2. The van der Waals surface area contributed by atoms with Gasteiger partial charge in [0.25, 0.3) is 0 Å². The second-order valence-corrected chi connectivity index (χ2v) is 10.1. The normalized spacial score (nSPS) is 16.9. The number of carbonyl (C=O) groups is 1. The molecule has 3 heterocycles. The van der Waals surface area contributed by atoms with Crippen LogP contribution in [-0.4, -0.2) is 32.6 Å². The highest BCUT2D eigenvalue weighted by atomic mass is 32.2. The first kappa shape index (κ1) is 18.1. The van der Waals surface area contributed by atoms with E-state index in [1.807, 2.05) is 30.1 Å². The molecule has 1 aliphatic carbocycles. The number of aryl methyl sites for hydroxylation is 3. The Bertz CT molecular complexity index is 1080. The Kier molecular flexibility index (Phi) is 4.63. The number of thioether (sulfide) groups is 1. The average molecular weight is 410 g/mol. The van der Waals surface area contributed by atoms with Gasteiger partial charge in [0.15, 0.2) is 0 Å². The minimum atomic E-state index is -0.153. The highest BCUT2D eigenvalue weighted by Gasteiger charge is 2.28. The Hall–Kier alpha value is -1.92. The lowest BCUT2D eigenvalue weighted by molar-refractivity contribution is -0.131. The topological polar surface area (TPSA) is 46.1 Å². The quantitative estimate of drug-likeness (QED) is 0.470. The van der Waals surface area contributed by atoms with Crippen molar-refractivity contribution < 1.29 is 4.79 Å². The maximum Gasteiger partial charge on any atom is 0.236 e. The predicted octanol–water partition coefficient (Wildman–Crippen LogP) is 4.55. The van der Waals surface area contributed by atoms with Gasteiger partial charge >= 0.3 is 0 Å². The summed E-state index contributed by atoms with van der Waals surface area (Å²) < 4.78 is 0. The van der Waals surface area contributed by atoms with E-state index in [0.29, 0.717) is 6.54 Å². The molecule has 2 aromatic heterocycles. The van der Waals surface area contributed by atoms with Crippen LogP contribution < -0.4 is 0 Å². The third-order valence-electron chi connectivity index (χ3n) is 5.72. The van der Waals surface area contributed by atoms with E-state index in [1.165, 1.54) is 33.4 Å². The number of nitrogens with zero attached hydrogens (tertiary/aromatic N) is 3. The van der Waals surface area contributed by atoms with Gasteiger partial charge in [-0.25, -0.2) is 9.97 Å². The first-order valence-electron chi connectivity index (χ1n) is 9.91. The van der Waals surface area contributed by atoms with E-state index in [2.05, 4.69) is 29.2 Å². The molecule has 0 N–H and O–H groups in total. The molecule has 28 heavy (non-hydrogen) atoms. The van der Waals surface area contributed by atoms with E-state index < -0.39 is 0 Å². The van der Waals surface area contributed by atoms with E-state index in [4.69, 9.17) is 4.98 Å². The van der Waals surface area contributed by atoms with Crippen molar-refractivity contribution in [2.24, 2.45) is 0 Å². The Balaban J connectivity index is 1.40. The first-order valence-corrected chi connectivity index (χ1v) is 11.6. The van der Waals surface area contributed by atoms with E-state index in [1.54, 1.807) is 11.8 Å². The highest BCUT2D eigenvalue weighted by Crippen LogP contribution is 2.41. The molecule has 0 radical (unpaired) electrons. The van der Waals surface area contributed by atoms with Crippen LogP contribution in [0.5, 0.6) is 0 Å². The zero-order valence-corrected chi connectivity index (χ0v) is 17.8. The molecule has 0 saturated carbocycles. The summed E-state index contributed by atoms with van der Waals surface area (Å²) in [5.74, 6) is 0.997. The summed E-state index contributed by atoms with van der Waals surface area (Å²) >= 11 is 3.42. The fourth-order valence-corrected chi connectivity index (χ4v) is 6.79. The van der Waals surface area contributed by atoms with Crippen molar-refractivity contribution in [3.05, 3.63) is 51.7 Å². The van der Waals surface area contributed by atoms with Crippen molar-refractivity contribution >= 4 is 39.2 Å². The second-order valence-electron chi connectivity index (χ2n) is 7.65. The number of hydrogen-bond acceptors (Lipinski definition) is 5. The summed E-state index contributed by atoms with van der Waals surface area (Å²) in [6.45, 7) is 5.48. The Labute approximate surface area is 173 Å². The monoisotopic (exact) mass is 409 g/mol. The van der Waals surface area contributed by atoms with Crippen molar-refractivity contribution in [2.75, 3.05) is 6.54 Å². The molecule has 4 nitrogen and oxygen atoms in total. The van der Waals surface area contributed by atoms with Crippen molar-refractivity contribution in [1.82, 2.24) is 14.9 Å². The van der Waals surface area contributed by atoms with Gasteiger partial charge in [-0.1, -0.05) is 36.0 Å². The summed E-state index contributed by atoms with van der Waals surface area (Å²) in [6.07, 6.45) is 4.42. The molecule has 1 aliphatic heterocycles. The van der Waals surface area contributed by atoms with Crippen LogP contribution in [0.1, 0.15) is 40.7 Å². The number of thiophene rings is 1. The summed E-state index contributed by atoms with van der Waals surface area (Å²) in [5.41, 5.74) is 4.07. The number of benzene rings is 1. The molecule has 1 amide bonds. The van der Waals surface area contributed by atoms with Gasteiger partial charge in [-0.3, -0.25) is 4.79 Å². The van der Waals surface area contributed by atoms with Crippen LogP contribution in [-0.2, 0) is 30.6 Å². The van der Waals surface area contributed by atoms with Crippen LogP contribution >= 0.6 is 23.1 Å². The molecule has 0 bridgehead atoms. The number of carbonyl (C=O) groups excluding carboxylic acids is 1. The largest absolute Gasteiger partial charge is 0.337 e. The minimum absolute atomic E-state index is 0.153. The number of hydrogen-bond donors (Lipinski definition) is 0. The summed E-state index contributed by atoms with van der Waals surface area (Å²) in [4.78, 5) is 27.1. The Morgan fingerprint density at radius 3 is 2.86 bits per heavy atom. The zero-order chi connectivity index (χ0) is 19.3. The second kappa shape index (κ2) is 7.16. The number of aromatic nitrogens is 2. The lowest BCUT2D eigenvalue weighted by atomic mass is 10.00. The molecule has 144 valence electrons. The standard InChI is InChI=1S/C22H23N3OS2/c1-13(22(26)25-11-10-15-6-3-4-7-16(15)12-25)27-20-19-17-8-5-9-18(17)28-21(19)24-14(2)23-20/h3-4,6-7,13H,5,8-12H2,1-2H3/t13-/m1/s1. The number of rotatable bonds is 3. The van der Waals surface area contributed by atoms with Gasteiger partial charge in [0.1, 0.15) is 15.7 Å². The zero-order valence-electron chi connectivity index (χ0n) is 16.2. The van der Waals surface area contributed by atoms with Gasteiger partial charge in [0.2, 0.25) is 5.91 Å². The van der Waals surface area contributed by atoms with Crippen LogP contribution in [0.2, 0.25) is 0 Å². The molecule has 1 atom stereocenters. The van der Waals surface area contributed by atoms with Gasteiger partial charge < -0.3 is 4.90 Å². The lowest BCUT2D eigenvalue weighted by Crippen LogP contribution is -2.40. The Morgan fingerprint density at radius 2 is 2.00 bits per heavy atom. The van der Waals surface area contributed by atoms with Crippen molar-refractivity contribution in [2.45, 2.75) is 56.4 Å². The lowest BCUT2D eigenvalue weighted by Gasteiger charge is -2.30. The fraction of sp³-hybridized carbons (Fsp3) is 0.409. The Morgan fingerprint density at radius 1 is 1.18 bits per heavy atom. The van der Waals surface area contributed by atoms with Gasteiger partial charge in [0, 0.05) is 23.4 Å². The third-order valence-corrected chi connectivity index (χ3v) is 7.98. The van der Waals surface area contributed by atoms with E-state index in [-0.39, 0.29) is 11.2 Å². The SMILES string of the molecule is Cc1nc(S[C@H](C)C(=O)N2CCc3ccccc3C2)c2c3c(sc2n1)CCC3. The summed E-state index contributed by atoms with van der Waals surface area (Å²) in [5, 5.41) is 2.04. The third kappa shape index (κ3) is 3.12. The van der Waals surface area contributed by atoms with E-state index >= 15 is 0 Å². The summed E-state index contributed by atoms with van der Waals surface area (Å²) in [7, 11) is 0. The van der Waals surface area contributed by atoms with Crippen molar-refractivity contribution in [1.29, 1.82) is 0 Å².